The van der Waals surface area contributed by atoms with Crippen LogP contribution in [-0.2, 0) is 11.3 Å². The second-order valence-electron chi connectivity index (χ2n) is 4.74. The maximum absolute atomic E-state index is 11.2. The molecule has 1 aromatic carbocycles. The number of hydrogen-bond acceptors (Lipinski definition) is 3. The number of halogens is 1. The van der Waals surface area contributed by atoms with E-state index < -0.39 is 12.0 Å². The van der Waals surface area contributed by atoms with Gasteiger partial charge in [-0.3, -0.25) is 9.69 Å². The van der Waals surface area contributed by atoms with Crippen LogP contribution in [0.1, 0.15) is 30.4 Å². The first-order chi connectivity index (χ1) is 9.11. The van der Waals surface area contributed by atoms with Crippen LogP contribution in [0, 0.1) is 11.3 Å². The highest BCUT2D eigenvalue weighted by atomic mass is 35.5. The number of carboxylic acids is 1. The first kappa shape index (κ1) is 13.9. The number of rotatable bonds is 3. The average Bonchev–Trinajstić information content (AvgIpc) is 2.41. The monoisotopic (exact) mass is 278 g/mol. The summed E-state index contributed by atoms with van der Waals surface area (Å²) in [5.74, 6) is -0.774. The van der Waals surface area contributed by atoms with Crippen molar-refractivity contribution in [3.8, 4) is 6.07 Å². The molecule has 2 rings (SSSR count). The molecule has 0 bridgehead atoms. The number of nitrogens with zero attached hydrogens (tertiary/aromatic N) is 2. The number of benzene rings is 1. The zero-order valence-corrected chi connectivity index (χ0v) is 11.2. The lowest BCUT2D eigenvalue weighted by molar-refractivity contribution is -0.144. The van der Waals surface area contributed by atoms with Gasteiger partial charge in [0.2, 0.25) is 0 Å². The van der Waals surface area contributed by atoms with Crippen LogP contribution < -0.4 is 0 Å². The molecule has 19 heavy (non-hydrogen) atoms. The Kier molecular flexibility index (Phi) is 4.41. The summed E-state index contributed by atoms with van der Waals surface area (Å²) < 4.78 is 0. The van der Waals surface area contributed by atoms with Crippen LogP contribution in [0.25, 0.3) is 0 Å². The Morgan fingerprint density at radius 1 is 1.53 bits per heavy atom. The summed E-state index contributed by atoms with van der Waals surface area (Å²) in [6.07, 6.45) is 2.65. The lowest BCUT2D eigenvalue weighted by Crippen LogP contribution is -2.44. The molecule has 1 aliphatic rings. The van der Waals surface area contributed by atoms with Gasteiger partial charge in [0.05, 0.1) is 11.6 Å². The zero-order valence-electron chi connectivity index (χ0n) is 10.5. The quantitative estimate of drug-likeness (QED) is 0.923. The number of likely N-dealkylation sites (tertiary alicyclic amines) is 1. The Labute approximate surface area is 117 Å². The Bertz CT molecular complexity index is 525. The van der Waals surface area contributed by atoms with Crippen molar-refractivity contribution in [3.63, 3.8) is 0 Å². The van der Waals surface area contributed by atoms with Gasteiger partial charge in [-0.15, -0.1) is 0 Å². The van der Waals surface area contributed by atoms with Crippen molar-refractivity contribution in [1.29, 1.82) is 5.26 Å². The van der Waals surface area contributed by atoms with Crippen molar-refractivity contribution in [2.24, 2.45) is 0 Å². The Morgan fingerprint density at radius 3 is 2.95 bits per heavy atom. The van der Waals surface area contributed by atoms with Crippen molar-refractivity contribution in [2.75, 3.05) is 6.54 Å². The standard InChI is InChI=1S/C14H15ClN2O2/c15-12-7-10(8-16)4-5-11(12)9-17-6-2-1-3-13(17)14(18)19/h4-5,7,13H,1-3,6,9H2,(H,18,19). The highest BCUT2D eigenvalue weighted by Crippen LogP contribution is 2.24. The number of carbonyl (C=O) groups is 1. The minimum absolute atomic E-state index is 0.430. The van der Waals surface area contributed by atoms with Gasteiger partial charge in [-0.05, 0) is 37.1 Å². The minimum Gasteiger partial charge on any atom is -0.480 e. The van der Waals surface area contributed by atoms with Gasteiger partial charge in [-0.25, -0.2) is 0 Å². The van der Waals surface area contributed by atoms with Crippen LogP contribution in [-0.4, -0.2) is 28.6 Å². The van der Waals surface area contributed by atoms with Crippen LogP contribution in [0.2, 0.25) is 5.02 Å². The summed E-state index contributed by atoms with van der Waals surface area (Å²) in [7, 11) is 0. The first-order valence-electron chi connectivity index (χ1n) is 6.27. The third kappa shape index (κ3) is 3.25. The van der Waals surface area contributed by atoms with E-state index in [4.69, 9.17) is 16.9 Å². The molecule has 1 heterocycles. The topological polar surface area (TPSA) is 64.3 Å². The van der Waals surface area contributed by atoms with Crippen molar-refractivity contribution < 1.29 is 9.90 Å². The Morgan fingerprint density at radius 2 is 2.32 bits per heavy atom. The minimum atomic E-state index is -0.774. The third-order valence-electron chi connectivity index (χ3n) is 3.45. The molecule has 0 spiro atoms. The molecule has 1 aromatic rings. The van der Waals surface area contributed by atoms with E-state index in [0.717, 1.165) is 24.9 Å². The van der Waals surface area contributed by atoms with Gasteiger partial charge in [0, 0.05) is 11.6 Å². The molecule has 0 radical (unpaired) electrons. The molecule has 1 N–H and O–H groups in total. The molecule has 4 nitrogen and oxygen atoms in total. The van der Waals surface area contributed by atoms with Crippen LogP contribution in [0.3, 0.4) is 0 Å². The van der Waals surface area contributed by atoms with E-state index in [1.165, 1.54) is 0 Å². The normalized spacial score (nSPS) is 19.9. The smallest absolute Gasteiger partial charge is 0.320 e. The van der Waals surface area contributed by atoms with E-state index in [9.17, 15) is 9.90 Å². The molecule has 1 unspecified atom stereocenters. The predicted octanol–water partition coefficient (Wildman–Crippen LogP) is 2.65. The largest absolute Gasteiger partial charge is 0.480 e. The fourth-order valence-corrected chi connectivity index (χ4v) is 2.66. The van der Waals surface area contributed by atoms with Gasteiger partial charge in [0.25, 0.3) is 0 Å². The molecule has 0 aromatic heterocycles. The van der Waals surface area contributed by atoms with E-state index in [-0.39, 0.29) is 0 Å². The lowest BCUT2D eigenvalue weighted by atomic mass is 10.0. The second-order valence-corrected chi connectivity index (χ2v) is 5.15. The number of nitriles is 1. The van der Waals surface area contributed by atoms with Crippen LogP contribution in [0.15, 0.2) is 18.2 Å². The second kappa shape index (κ2) is 6.05. The summed E-state index contributed by atoms with van der Waals surface area (Å²) in [6.45, 7) is 1.29. The van der Waals surface area contributed by atoms with Crippen molar-refractivity contribution in [1.82, 2.24) is 4.90 Å². The number of piperidine rings is 1. The van der Waals surface area contributed by atoms with E-state index in [1.807, 2.05) is 11.0 Å². The fourth-order valence-electron chi connectivity index (χ4n) is 2.42. The summed E-state index contributed by atoms with van der Waals surface area (Å²) in [5, 5.41) is 18.5. The highest BCUT2D eigenvalue weighted by Gasteiger charge is 2.28. The molecular weight excluding hydrogens is 264 g/mol. The number of hydrogen-bond donors (Lipinski definition) is 1. The Balaban J connectivity index is 2.15. The van der Waals surface area contributed by atoms with Crippen LogP contribution in [0.5, 0.6) is 0 Å². The summed E-state index contributed by atoms with van der Waals surface area (Å²) >= 11 is 6.13. The number of aliphatic carboxylic acids is 1. The third-order valence-corrected chi connectivity index (χ3v) is 3.81. The fraction of sp³-hybridized carbons (Fsp3) is 0.429. The molecule has 1 saturated heterocycles. The van der Waals surface area contributed by atoms with E-state index in [0.29, 0.717) is 23.6 Å². The van der Waals surface area contributed by atoms with Crippen LogP contribution in [0.4, 0.5) is 0 Å². The molecule has 5 heteroatoms. The highest BCUT2D eigenvalue weighted by molar-refractivity contribution is 6.31. The Hall–Kier alpha value is -1.57. The van der Waals surface area contributed by atoms with E-state index in [2.05, 4.69) is 0 Å². The van der Waals surface area contributed by atoms with Crippen molar-refractivity contribution in [3.05, 3.63) is 34.3 Å². The molecule has 0 aliphatic carbocycles. The molecular formula is C14H15ClN2O2. The number of carboxylic acid groups (broad SMARTS) is 1. The van der Waals surface area contributed by atoms with Gasteiger partial charge in [0.15, 0.2) is 0 Å². The average molecular weight is 279 g/mol. The molecule has 100 valence electrons. The van der Waals surface area contributed by atoms with E-state index in [1.54, 1.807) is 18.2 Å². The zero-order chi connectivity index (χ0) is 13.8. The molecule has 1 aliphatic heterocycles. The molecule has 0 amide bonds. The summed E-state index contributed by atoms with van der Waals surface area (Å²) in [6, 6.07) is 6.73. The van der Waals surface area contributed by atoms with Gasteiger partial charge in [-0.2, -0.15) is 5.26 Å². The summed E-state index contributed by atoms with van der Waals surface area (Å²) in [5.41, 5.74) is 1.39. The van der Waals surface area contributed by atoms with Crippen molar-refractivity contribution in [2.45, 2.75) is 31.8 Å². The van der Waals surface area contributed by atoms with Gasteiger partial charge < -0.3 is 5.11 Å². The maximum atomic E-state index is 11.2. The molecule has 1 fully saturated rings. The first-order valence-corrected chi connectivity index (χ1v) is 6.65. The lowest BCUT2D eigenvalue weighted by Gasteiger charge is -2.33. The molecule has 0 saturated carbocycles. The van der Waals surface area contributed by atoms with E-state index >= 15 is 0 Å². The van der Waals surface area contributed by atoms with Crippen LogP contribution >= 0.6 is 11.6 Å². The predicted molar refractivity (Wildman–Crippen MR) is 71.9 cm³/mol. The van der Waals surface area contributed by atoms with Gasteiger partial charge in [-0.1, -0.05) is 24.1 Å². The SMILES string of the molecule is N#Cc1ccc(CN2CCCCC2C(=O)O)c(Cl)c1. The van der Waals surface area contributed by atoms with Gasteiger partial charge in [0.1, 0.15) is 6.04 Å². The van der Waals surface area contributed by atoms with Gasteiger partial charge >= 0.3 is 5.97 Å². The maximum Gasteiger partial charge on any atom is 0.320 e. The summed E-state index contributed by atoms with van der Waals surface area (Å²) in [4.78, 5) is 13.2. The van der Waals surface area contributed by atoms with Crippen molar-refractivity contribution >= 4 is 17.6 Å². The molecule has 1 atom stereocenters.